The predicted molar refractivity (Wildman–Crippen MR) is 139 cm³/mol. The Labute approximate surface area is 213 Å². The Morgan fingerprint density at radius 3 is 2.38 bits per heavy atom. The topological polar surface area (TPSA) is 94.6 Å². The number of H-pyrrole nitrogens is 1. The molecule has 6 nitrogen and oxygen atoms in total. The predicted octanol–water partition coefficient (Wildman–Crippen LogP) is 5.05. The minimum atomic E-state index is -3.09. The number of aliphatic hydroxyl groups is 1. The van der Waals surface area contributed by atoms with Crippen LogP contribution in [0.1, 0.15) is 36.6 Å². The molecule has 1 aromatic heterocycles. The van der Waals surface area contributed by atoms with Crippen molar-refractivity contribution in [3.63, 3.8) is 0 Å². The largest absolute Gasteiger partial charge is 0.506 e. The van der Waals surface area contributed by atoms with E-state index in [9.17, 15) is 23.8 Å². The first-order valence-corrected chi connectivity index (χ1v) is 12.0. The second kappa shape index (κ2) is 10.7. The number of hydrogen-bond acceptors (Lipinski definition) is 5. The van der Waals surface area contributed by atoms with Crippen LogP contribution in [-0.2, 0) is 12.3 Å². The number of aromatic hydroxyl groups is 1. The molecule has 0 aliphatic rings. The number of pyridine rings is 1. The van der Waals surface area contributed by atoms with Gasteiger partial charge in [0, 0.05) is 29.1 Å². The summed E-state index contributed by atoms with van der Waals surface area (Å²) in [5.74, 6) is -2.80. The van der Waals surface area contributed by atoms with Crippen molar-refractivity contribution in [3.8, 4) is 11.5 Å². The van der Waals surface area contributed by atoms with Crippen molar-refractivity contribution in [2.24, 2.45) is 0 Å². The zero-order valence-corrected chi connectivity index (χ0v) is 20.7. The summed E-state index contributed by atoms with van der Waals surface area (Å²) in [7, 11) is 0. The third-order valence-electron chi connectivity index (χ3n) is 6.23. The Hall–Kier alpha value is -3.75. The minimum absolute atomic E-state index is 0.0619. The number of benzene rings is 3. The van der Waals surface area contributed by atoms with Gasteiger partial charge in [-0.25, -0.2) is 0 Å². The molecule has 0 amide bonds. The van der Waals surface area contributed by atoms with Crippen molar-refractivity contribution in [1.82, 2.24) is 10.3 Å². The van der Waals surface area contributed by atoms with Crippen LogP contribution in [0.15, 0.2) is 83.7 Å². The lowest BCUT2D eigenvalue weighted by Crippen LogP contribution is -2.43. The van der Waals surface area contributed by atoms with Gasteiger partial charge in [-0.1, -0.05) is 48.5 Å². The number of halogens is 2. The number of aromatic amines is 1. The number of hydrogen-bond donors (Lipinski definition) is 4. The highest BCUT2D eigenvalue weighted by Gasteiger charge is 2.32. The molecule has 8 heteroatoms. The number of phenols is 1. The molecule has 0 spiro atoms. The summed E-state index contributed by atoms with van der Waals surface area (Å²) in [5, 5.41) is 24.8. The third-order valence-corrected chi connectivity index (χ3v) is 6.23. The second-order valence-corrected chi connectivity index (χ2v) is 9.75. The third kappa shape index (κ3) is 6.53. The van der Waals surface area contributed by atoms with Crippen LogP contribution in [0.25, 0.3) is 10.9 Å². The minimum Gasteiger partial charge on any atom is -0.506 e. The smallest absolute Gasteiger partial charge is 0.306 e. The van der Waals surface area contributed by atoms with Crippen LogP contribution in [0.3, 0.4) is 0 Å². The van der Waals surface area contributed by atoms with Crippen LogP contribution in [0.2, 0.25) is 0 Å². The van der Waals surface area contributed by atoms with Gasteiger partial charge in [0.1, 0.15) is 11.5 Å². The number of rotatable bonds is 10. The number of fused-ring (bicyclic) bond motifs is 1. The molecule has 194 valence electrons. The number of phenolic OH excluding ortho intramolecular Hbond substituents is 1. The molecule has 1 atom stereocenters. The van der Waals surface area contributed by atoms with E-state index in [0.29, 0.717) is 23.1 Å². The Kier molecular flexibility index (Phi) is 7.61. The van der Waals surface area contributed by atoms with Gasteiger partial charge >= 0.3 is 5.92 Å². The van der Waals surface area contributed by atoms with Crippen LogP contribution in [0.4, 0.5) is 8.78 Å². The lowest BCUT2D eigenvalue weighted by molar-refractivity contribution is -0.0467. The fraction of sp³-hybridized carbons (Fsp3) is 0.276. The molecule has 4 aromatic rings. The standard InChI is InChI=1S/C29H30F2N2O4/c1-28(2,32-17-25(35)22-12-14-24(34)27-23(22)13-15-26(36)33-27)16-19-8-10-21(11-9-19)37-18-29(30,31)20-6-4-3-5-7-20/h3-15,25,32,34-35H,16-18H2,1-2H3,(H,33,36). The molecular formula is C29H30F2N2O4. The molecule has 3 aromatic carbocycles. The zero-order valence-electron chi connectivity index (χ0n) is 20.7. The van der Waals surface area contributed by atoms with E-state index in [1.165, 1.54) is 24.3 Å². The van der Waals surface area contributed by atoms with Crippen molar-refractivity contribution in [2.75, 3.05) is 13.2 Å². The van der Waals surface area contributed by atoms with Crippen molar-refractivity contribution < 1.29 is 23.7 Å². The summed E-state index contributed by atoms with van der Waals surface area (Å²) >= 11 is 0. The number of alkyl halides is 2. The summed E-state index contributed by atoms with van der Waals surface area (Å²) in [6.45, 7) is 3.48. The maximum absolute atomic E-state index is 14.4. The molecule has 4 N–H and O–H groups in total. The summed E-state index contributed by atoms with van der Waals surface area (Å²) in [5.41, 5.74) is 1.02. The monoisotopic (exact) mass is 508 g/mol. The summed E-state index contributed by atoms with van der Waals surface area (Å²) in [4.78, 5) is 14.2. The van der Waals surface area contributed by atoms with E-state index in [1.807, 2.05) is 26.0 Å². The highest BCUT2D eigenvalue weighted by atomic mass is 19.3. The van der Waals surface area contributed by atoms with E-state index < -0.39 is 24.2 Å². The highest BCUT2D eigenvalue weighted by Crippen LogP contribution is 2.30. The van der Waals surface area contributed by atoms with Gasteiger partial charge in [0.2, 0.25) is 5.56 Å². The number of aliphatic hydroxyl groups excluding tert-OH is 1. The Balaban J connectivity index is 1.34. The van der Waals surface area contributed by atoms with Crippen molar-refractivity contribution >= 4 is 10.9 Å². The molecule has 0 aliphatic heterocycles. The van der Waals surface area contributed by atoms with Gasteiger partial charge in [0.15, 0.2) is 6.61 Å². The Morgan fingerprint density at radius 1 is 0.973 bits per heavy atom. The fourth-order valence-electron chi connectivity index (χ4n) is 4.25. The molecule has 1 heterocycles. The Morgan fingerprint density at radius 2 is 1.68 bits per heavy atom. The lowest BCUT2D eigenvalue weighted by atomic mass is 9.94. The first-order chi connectivity index (χ1) is 17.5. The van der Waals surface area contributed by atoms with Crippen LogP contribution < -0.4 is 15.6 Å². The highest BCUT2D eigenvalue weighted by molar-refractivity contribution is 5.87. The first kappa shape index (κ1) is 26.3. The number of aromatic nitrogens is 1. The quantitative estimate of drug-likeness (QED) is 0.241. The normalized spacial score (nSPS) is 13.0. The zero-order chi connectivity index (χ0) is 26.6. The van der Waals surface area contributed by atoms with E-state index in [2.05, 4.69) is 10.3 Å². The SMILES string of the molecule is CC(C)(Cc1ccc(OCC(F)(F)c2ccccc2)cc1)NCC(O)c1ccc(O)c2[nH]c(=O)ccc12. The van der Waals surface area contributed by atoms with E-state index in [-0.39, 0.29) is 28.9 Å². The van der Waals surface area contributed by atoms with E-state index >= 15 is 0 Å². The van der Waals surface area contributed by atoms with Crippen LogP contribution in [0.5, 0.6) is 11.5 Å². The Bertz CT molecular complexity index is 1400. The number of β-amino-alcohol motifs (C(OH)–C–C–N with tert-alkyl or cyclic N) is 1. The molecule has 1 unspecified atom stereocenters. The molecule has 0 aliphatic carbocycles. The van der Waals surface area contributed by atoms with Gasteiger partial charge < -0.3 is 25.3 Å². The van der Waals surface area contributed by atoms with Gasteiger partial charge in [-0.3, -0.25) is 4.79 Å². The van der Waals surface area contributed by atoms with Crippen molar-refractivity contribution in [2.45, 2.75) is 37.8 Å². The molecule has 0 radical (unpaired) electrons. The van der Waals surface area contributed by atoms with E-state index in [4.69, 9.17) is 4.74 Å². The van der Waals surface area contributed by atoms with Gasteiger partial charge in [-0.15, -0.1) is 0 Å². The summed E-state index contributed by atoms with van der Waals surface area (Å²) in [6.07, 6.45) is -0.264. The number of nitrogens with one attached hydrogen (secondary N) is 2. The summed E-state index contributed by atoms with van der Waals surface area (Å²) in [6, 6.07) is 20.6. The summed E-state index contributed by atoms with van der Waals surface area (Å²) < 4.78 is 34.1. The molecule has 37 heavy (non-hydrogen) atoms. The molecule has 0 saturated carbocycles. The second-order valence-electron chi connectivity index (χ2n) is 9.75. The van der Waals surface area contributed by atoms with Crippen molar-refractivity contribution in [3.05, 3.63) is 106 Å². The molecule has 0 fully saturated rings. The lowest BCUT2D eigenvalue weighted by Gasteiger charge is -2.28. The van der Waals surface area contributed by atoms with Gasteiger partial charge in [0.05, 0.1) is 11.6 Å². The van der Waals surface area contributed by atoms with E-state index in [0.717, 1.165) is 5.56 Å². The molecular weight excluding hydrogens is 478 g/mol. The van der Waals surface area contributed by atoms with Crippen LogP contribution >= 0.6 is 0 Å². The fourth-order valence-corrected chi connectivity index (χ4v) is 4.25. The van der Waals surface area contributed by atoms with E-state index in [1.54, 1.807) is 42.5 Å². The van der Waals surface area contributed by atoms with Crippen LogP contribution in [-0.4, -0.2) is 33.9 Å². The average Bonchev–Trinajstić information content (AvgIpc) is 2.88. The average molecular weight is 509 g/mol. The van der Waals surface area contributed by atoms with Gasteiger partial charge in [0.25, 0.3) is 0 Å². The van der Waals surface area contributed by atoms with Crippen LogP contribution in [0, 0.1) is 0 Å². The van der Waals surface area contributed by atoms with Gasteiger partial charge in [-0.2, -0.15) is 8.78 Å². The van der Waals surface area contributed by atoms with Crippen molar-refractivity contribution in [1.29, 1.82) is 0 Å². The maximum Gasteiger partial charge on any atom is 0.306 e. The molecule has 0 bridgehead atoms. The number of ether oxygens (including phenoxy) is 1. The molecule has 4 rings (SSSR count). The first-order valence-electron chi connectivity index (χ1n) is 12.0. The van der Waals surface area contributed by atoms with Gasteiger partial charge in [-0.05, 0) is 55.7 Å². The maximum atomic E-state index is 14.4. The molecule has 0 saturated heterocycles.